The second-order valence-electron chi connectivity index (χ2n) is 6.54. The number of carbonyl (C=O) groups is 1. The zero-order valence-corrected chi connectivity index (χ0v) is 14.5. The van der Waals surface area contributed by atoms with Crippen LogP contribution in [0.2, 0.25) is 0 Å². The van der Waals surface area contributed by atoms with Crippen LogP contribution < -0.4 is 5.32 Å². The van der Waals surface area contributed by atoms with Crippen molar-refractivity contribution in [2.24, 2.45) is 0 Å². The van der Waals surface area contributed by atoms with Gasteiger partial charge in [-0.25, -0.2) is 4.68 Å². The Labute approximate surface area is 148 Å². The average molecular weight is 342 g/mol. The molecule has 7 nitrogen and oxygen atoms in total. The number of nitrogens with zero attached hydrogens (tertiary/aromatic N) is 5. The van der Waals surface area contributed by atoms with Crippen LogP contribution in [0.15, 0.2) is 36.7 Å². The Balaban J connectivity index is 1.50. The molecule has 0 spiro atoms. The van der Waals surface area contributed by atoms with E-state index in [2.05, 4.69) is 25.7 Å². The van der Waals surface area contributed by atoms with E-state index in [1.165, 1.54) is 43.4 Å². The molecule has 0 radical (unpaired) electrons. The molecule has 0 unspecified atom stereocenters. The van der Waals surface area contributed by atoms with Crippen molar-refractivity contribution in [3.63, 3.8) is 0 Å². The molecule has 2 heterocycles. The third kappa shape index (κ3) is 5.35. The lowest BCUT2D eigenvalue weighted by Gasteiger charge is -2.26. The lowest BCUT2D eigenvalue weighted by molar-refractivity contribution is -0.124. The number of aromatic nitrogens is 4. The molecular weight excluding hydrogens is 316 g/mol. The Kier molecular flexibility index (Phi) is 6.50. The monoisotopic (exact) mass is 342 g/mol. The first-order valence-electron chi connectivity index (χ1n) is 9.09. The fraction of sp³-hybridized carbons (Fsp3) is 0.556. The van der Waals surface area contributed by atoms with E-state index in [-0.39, 0.29) is 5.91 Å². The van der Waals surface area contributed by atoms with Gasteiger partial charge in [-0.3, -0.25) is 4.79 Å². The van der Waals surface area contributed by atoms with Gasteiger partial charge in [0.1, 0.15) is 12.4 Å². The Morgan fingerprint density at radius 1 is 1.16 bits per heavy atom. The number of likely N-dealkylation sites (tertiary alicyclic amines) is 1. The van der Waals surface area contributed by atoms with Crippen molar-refractivity contribution in [3.8, 4) is 0 Å². The van der Waals surface area contributed by atoms with Crippen LogP contribution >= 0.6 is 0 Å². The molecule has 0 bridgehead atoms. The molecule has 2 aromatic rings. The maximum atomic E-state index is 12.7. The molecule has 1 amide bonds. The van der Waals surface area contributed by atoms with E-state index in [4.69, 9.17) is 0 Å². The molecule has 1 aliphatic rings. The van der Waals surface area contributed by atoms with Crippen molar-refractivity contribution < 1.29 is 4.79 Å². The van der Waals surface area contributed by atoms with Gasteiger partial charge in [-0.05, 0) is 54.9 Å². The summed E-state index contributed by atoms with van der Waals surface area (Å²) < 4.78 is 1.53. The van der Waals surface area contributed by atoms with Crippen LogP contribution in [0.5, 0.6) is 0 Å². The van der Waals surface area contributed by atoms with Gasteiger partial charge in [0.2, 0.25) is 5.91 Å². The zero-order valence-electron chi connectivity index (χ0n) is 14.5. The number of piperidine rings is 1. The summed E-state index contributed by atoms with van der Waals surface area (Å²) in [7, 11) is 0. The molecule has 1 fully saturated rings. The number of hydrogen-bond acceptors (Lipinski definition) is 5. The number of benzene rings is 1. The number of carbonyl (C=O) groups excluding carboxylic acids is 1. The molecule has 1 aromatic heterocycles. The summed E-state index contributed by atoms with van der Waals surface area (Å²) in [6.45, 7) is 4.11. The Morgan fingerprint density at radius 2 is 1.96 bits per heavy atom. The zero-order chi connectivity index (χ0) is 17.3. The van der Waals surface area contributed by atoms with E-state index in [0.717, 1.165) is 18.5 Å². The quantitative estimate of drug-likeness (QED) is 0.735. The predicted octanol–water partition coefficient (Wildman–Crippen LogP) is 1.45. The number of nitrogens with one attached hydrogen (secondary N) is 1. The third-order valence-corrected chi connectivity index (χ3v) is 4.66. The topological polar surface area (TPSA) is 75.9 Å². The second kappa shape index (κ2) is 9.27. The van der Waals surface area contributed by atoms with Gasteiger partial charge >= 0.3 is 0 Å². The molecular formula is C18H26N6O. The Bertz CT molecular complexity index is 624. The lowest BCUT2D eigenvalue weighted by Crippen LogP contribution is -2.37. The molecule has 7 heteroatoms. The van der Waals surface area contributed by atoms with Gasteiger partial charge in [-0.15, -0.1) is 5.10 Å². The number of amides is 1. The summed E-state index contributed by atoms with van der Waals surface area (Å²) in [4.78, 5) is 15.1. The molecule has 1 atom stereocenters. The highest BCUT2D eigenvalue weighted by atomic mass is 16.2. The van der Waals surface area contributed by atoms with E-state index < -0.39 is 6.04 Å². The lowest BCUT2D eigenvalue weighted by atomic mass is 10.1. The van der Waals surface area contributed by atoms with Crippen LogP contribution in [0.25, 0.3) is 0 Å². The normalized spacial score (nSPS) is 16.5. The minimum atomic E-state index is -0.424. The molecule has 1 saturated heterocycles. The predicted molar refractivity (Wildman–Crippen MR) is 94.9 cm³/mol. The maximum Gasteiger partial charge on any atom is 0.245 e. The largest absolute Gasteiger partial charge is 0.354 e. The van der Waals surface area contributed by atoms with Crippen LogP contribution in [-0.4, -0.2) is 57.2 Å². The minimum Gasteiger partial charge on any atom is -0.354 e. The van der Waals surface area contributed by atoms with Crippen LogP contribution in [0.1, 0.15) is 37.3 Å². The van der Waals surface area contributed by atoms with Crippen molar-refractivity contribution in [2.75, 3.05) is 26.2 Å². The highest BCUT2D eigenvalue weighted by molar-refractivity contribution is 5.80. The molecule has 1 aromatic carbocycles. The first kappa shape index (κ1) is 17.5. The summed E-state index contributed by atoms with van der Waals surface area (Å²) in [6, 6.07) is 9.52. The first-order chi connectivity index (χ1) is 12.3. The maximum absolute atomic E-state index is 12.7. The second-order valence-corrected chi connectivity index (χ2v) is 6.54. The van der Waals surface area contributed by atoms with Gasteiger partial charge in [-0.2, -0.15) is 0 Å². The molecule has 25 heavy (non-hydrogen) atoms. The Morgan fingerprint density at radius 3 is 2.68 bits per heavy atom. The van der Waals surface area contributed by atoms with Crippen LogP contribution in [-0.2, 0) is 11.2 Å². The molecule has 0 saturated carbocycles. The first-order valence-corrected chi connectivity index (χ1v) is 9.09. The molecule has 134 valence electrons. The Hall–Kier alpha value is -2.28. The van der Waals surface area contributed by atoms with Crippen LogP contribution in [0, 0.1) is 0 Å². The molecule has 1 aliphatic heterocycles. The van der Waals surface area contributed by atoms with E-state index in [0.29, 0.717) is 13.0 Å². The molecule has 1 N–H and O–H groups in total. The highest BCUT2D eigenvalue weighted by Crippen LogP contribution is 2.13. The van der Waals surface area contributed by atoms with Gasteiger partial charge in [0.05, 0.1) is 0 Å². The molecule has 3 rings (SSSR count). The van der Waals surface area contributed by atoms with Crippen LogP contribution in [0.3, 0.4) is 0 Å². The van der Waals surface area contributed by atoms with Crippen molar-refractivity contribution >= 4 is 5.91 Å². The SMILES string of the molecule is O=C(NCCCN1CCCCC1)[C@H](Cc1ccccc1)n1cnnn1. The van der Waals surface area contributed by atoms with Crippen molar-refractivity contribution in [1.29, 1.82) is 0 Å². The minimum absolute atomic E-state index is 0.0326. The van der Waals surface area contributed by atoms with Gasteiger partial charge in [-0.1, -0.05) is 36.8 Å². The standard InChI is InChI=1S/C18H26N6O/c25-18(19-10-7-13-23-11-5-2-6-12-23)17(24-15-20-21-22-24)14-16-8-3-1-4-9-16/h1,3-4,8-9,15,17H,2,5-7,10-14H2,(H,19,25)/t17-/m0/s1. The number of hydrogen-bond donors (Lipinski definition) is 1. The molecule has 0 aliphatic carbocycles. The van der Waals surface area contributed by atoms with E-state index >= 15 is 0 Å². The summed E-state index contributed by atoms with van der Waals surface area (Å²) in [5.74, 6) is -0.0326. The van der Waals surface area contributed by atoms with Gasteiger partial charge in [0.15, 0.2) is 0 Å². The fourth-order valence-corrected chi connectivity index (χ4v) is 3.27. The van der Waals surface area contributed by atoms with Crippen LogP contribution in [0.4, 0.5) is 0 Å². The third-order valence-electron chi connectivity index (χ3n) is 4.66. The van der Waals surface area contributed by atoms with Gasteiger partial charge in [0, 0.05) is 13.0 Å². The van der Waals surface area contributed by atoms with E-state index in [1.807, 2.05) is 30.3 Å². The van der Waals surface area contributed by atoms with Gasteiger partial charge < -0.3 is 10.2 Å². The van der Waals surface area contributed by atoms with Crippen molar-refractivity contribution in [2.45, 2.75) is 38.1 Å². The summed E-state index contributed by atoms with van der Waals surface area (Å²) in [6.07, 6.45) is 6.99. The van der Waals surface area contributed by atoms with E-state index in [9.17, 15) is 4.79 Å². The van der Waals surface area contributed by atoms with Crippen molar-refractivity contribution in [1.82, 2.24) is 30.4 Å². The van der Waals surface area contributed by atoms with Gasteiger partial charge in [0.25, 0.3) is 0 Å². The number of tetrazole rings is 1. The highest BCUT2D eigenvalue weighted by Gasteiger charge is 2.22. The van der Waals surface area contributed by atoms with Crippen molar-refractivity contribution in [3.05, 3.63) is 42.2 Å². The summed E-state index contributed by atoms with van der Waals surface area (Å²) in [5, 5.41) is 14.3. The van der Waals surface area contributed by atoms with E-state index in [1.54, 1.807) is 0 Å². The fourth-order valence-electron chi connectivity index (χ4n) is 3.27. The summed E-state index contributed by atoms with van der Waals surface area (Å²) in [5.41, 5.74) is 1.09. The summed E-state index contributed by atoms with van der Waals surface area (Å²) >= 11 is 0. The smallest absolute Gasteiger partial charge is 0.245 e. The number of rotatable bonds is 8. The average Bonchev–Trinajstić information content (AvgIpc) is 3.19.